The van der Waals surface area contributed by atoms with Crippen molar-refractivity contribution in [1.29, 1.82) is 0 Å². The van der Waals surface area contributed by atoms with E-state index in [9.17, 15) is 8.94 Å². The second-order valence-corrected chi connectivity index (χ2v) is 8.04. The lowest BCUT2D eigenvalue weighted by molar-refractivity contribution is 0.505. The highest BCUT2D eigenvalue weighted by Crippen LogP contribution is 2.26. The maximum atomic E-state index is 13.8. The van der Waals surface area contributed by atoms with E-state index in [0.29, 0.717) is 12.0 Å². The van der Waals surface area contributed by atoms with E-state index >= 15 is 0 Å². The van der Waals surface area contributed by atoms with E-state index in [1.54, 1.807) is 12.1 Å². The summed E-state index contributed by atoms with van der Waals surface area (Å²) in [5.74, 6) is -0.275. The predicted octanol–water partition coefficient (Wildman–Crippen LogP) is 4.09. The third kappa shape index (κ3) is 4.23. The van der Waals surface area contributed by atoms with E-state index in [-0.39, 0.29) is 16.6 Å². The quantitative estimate of drug-likeness (QED) is 0.841. The molecule has 5 heteroatoms. The lowest BCUT2D eigenvalue weighted by atomic mass is 10.1. The highest BCUT2D eigenvalue weighted by Gasteiger charge is 2.30. The molecule has 0 spiro atoms. The molecule has 0 aliphatic carbocycles. The van der Waals surface area contributed by atoms with Gasteiger partial charge in [-0.05, 0) is 45.4 Å². The summed E-state index contributed by atoms with van der Waals surface area (Å²) in [5.41, 5.74) is 0.546. The van der Waals surface area contributed by atoms with Crippen molar-refractivity contribution in [2.75, 3.05) is 0 Å². The van der Waals surface area contributed by atoms with Gasteiger partial charge in [-0.2, -0.15) is 0 Å². The molecule has 0 saturated heterocycles. The minimum Gasteiger partial charge on any atom is -0.598 e. The third-order valence-electron chi connectivity index (χ3n) is 2.55. The molecule has 0 amide bonds. The van der Waals surface area contributed by atoms with Crippen molar-refractivity contribution in [2.24, 2.45) is 0 Å². The van der Waals surface area contributed by atoms with Gasteiger partial charge in [0.15, 0.2) is 0 Å². The maximum absolute atomic E-state index is 13.8. The van der Waals surface area contributed by atoms with Crippen LogP contribution < -0.4 is 4.72 Å². The molecular formula is C13H19BrFNOS. The van der Waals surface area contributed by atoms with E-state index < -0.39 is 11.4 Å². The highest BCUT2D eigenvalue weighted by atomic mass is 79.9. The van der Waals surface area contributed by atoms with Crippen LogP contribution in [0.4, 0.5) is 4.39 Å². The highest BCUT2D eigenvalue weighted by molar-refractivity contribution is 9.10. The molecule has 1 N–H and O–H groups in total. The Hall–Kier alpha value is -0.100. The largest absolute Gasteiger partial charge is 0.598 e. The number of benzene rings is 1. The van der Waals surface area contributed by atoms with Gasteiger partial charge in [0.25, 0.3) is 0 Å². The number of hydrogen-bond acceptors (Lipinski definition) is 2. The number of nitrogens with one attached hydrogen (secondary N) is 1. The average Bonchev–Trinajstić information content (AvgIpc) is 2.28. The summed E-state index contributed by atoms with van der Waals surface area (Å²) in [6, 6.07) is 4.56. The van der Waals surface area contributed by atoms with Crippen molar-refractivity contribution in [3.05, 3.63) is 34.1 Å². The van der Waals surface area contributed by atoms with Gasteiger partial charge in [0.1, 0.15) is 10.6 Å². The van der Waals surface area contributed by atoms with E-state index in [1.165, 1.54) is 6.07 Å². The fourth-order valence-corrected chi connectivity index (χ4v) is 2.74. The summed E-state index contributed by atoms with van der Waals surface area (Å²) in [5, 5.41) is 0. The fourth-order valence-electron chi connectivity index (χ4n) is 1.45. The summed E-state index contributed by atoms with van der Waals surface area (Å²) in [4.78, 5) is 0. The maximum Gasteiger partial charge on any atom is 0.136 e. The van der Waals surface area contributed by atoms with Gasteiger partial charge >= 0.3 is 0 Å². The standard InChI is InChI=1S/C13H19BrFNOS/c1-5-12(16-18(17)13(2,3)4)10-8-9(14)6-7-11(10)15/h6-8,12,16H,5H2,1-4H3/t12?,18-/m0/s1. The summed E-state index contributed by atoms with van der Waals surface area (Å²) in [7, 11) is 0. The zero-order valence-electron chi connectivity index (χ0n) is 11.1. The first-order valence-corrected chi connectivity index (χ1v) is 7.83. The first-order chi connectivity index (χ1) is 8.25. The van der Waals surface area contributed by atoms with Gasteiger partial charge < -0.3 is 4.55 Å². The Morgan fingerprint density at radius 1 is 1.44 bits per heavy atom. The third-order valence-corrected chi connectivity index (χ3v) is 4.65. The second kappa shape index (κ2) is 6.37. The van der Waals surface area contributed by atoms with Crippen molar-refractivity contribution in [3.8, 4) is 0 Å². The molecule has 18 heavy (non-hydrogen) atoms. The van der Waals surface area contributed by atoms with E-state index in [4.69, 9.17) is 0 Å². The zero-order valence-corrected chi connectivity index (χ0v) is 13.5. The Kier molecular flexibility index (Phi) is 5.65. The van der Waals surface area contributed by atoms with Crippen LogP contribution in [0.5, 0.6) is 0 Å². The minimum absolute atomic E-state index is 0.248. The van der Waals surface area contributed by atoms with Crippen LogP contribution in [0, 0.1) is 5.82 Å². The molecule has 0 radical (unpaired) electrons. The first kappa shape index (κ1) is 16.0. The Labute approximate surface area is 120 Å². The SMILES string of the molecule is CCC(N[S@@+]([O-])C(C)(C)C)c1cc(Br)ccc1F. The van der Waals surface area contributed by atoms with Crippen molar-refractivity contribution >= 4 is 27.3 Å². The minimum atomic E-state index is -1.21. The molecule has 0 heterocycles. The molecule has 1 rings (SSSR count). The van der Waals surface area contributed by atoms with Crippen LogP contribution in [0.15, 0.2) is 22.7 Å². The van der Waals surface area contributed by atoms with Crippen molar-refractivity contribution in [2.45, 2.75) is 44.9 Å². The molecule has 0 bridgehead atoms. The van der Waals surface area contributed by atoms with E-state index in [1.807, 2.05) is 27.7 Å². The number of rotatable bonds is 4. The van der Waals surface area contributed by atoms with E-state index in [2.05, 4.69) is 20.7 Å². The lowest BCUT2D eigenvalue weighted by Gasteiger charge is -2.27. The zero-order chi connectivity index (χ0) is 13.9. The summed E-state index contributed by atoms with van der Waals surface area (Å²) < 4.78 is 29.3. The fraction of sp³-hybridized carbons (Fsp3) is 0.538. The van der Waals surface area contributed by atoms with Crippen molar-refractivity contribution < 1.29 is 8.94 Å². The van der Waals surface area contributed by atoms with Crippen LogP contribution in [-0.2, 0) is 11.4 Å². The summed E-state index contributed by atoms with van der Waals surface area (Å²) >= 11 is 2.11. The van der Waals surface area contributed by atoms with Crippen LogP contribution in [0.3, 0.4) is 0 Å². The monoisotopic (exact) mass is 335 g/mol. The normalized spacial score (nSPS) is 15.5. The van der Waals surface area contributed by atoms with Crippen LogP contribution >= 0.6 is 15.9 Å². The van der Waals surface area contributed by atoms with Gasteiger partial charge in [0.05, 0.1) is 6.04 Å². The summed E-state index contributed by atoms with van der Waals surface area (Å²) in [6.07, 6.45) is 0.676. The van der Waals surface area contributed by atoms with Gasteiger partial charge in [-0.25, -0.2) is 4.39 Å². The molecule has 2 nitrogen and oxygen atoms in total. The Morgan fingerprint density at radius 3 is 2.56 bits per heavy atom. The average molecular weight is 336 g/mol. The molecular weight excluding hydrogens is 317 g/mol. The Morgan fingerprint density at radius 2 is 2.06 bits per heavy atom. The smallest absolute Gasteiger partial charge is 0.136 e. The van der Waals surface area contributed by atoms with Crippen molar-refractivity contribution in [1.82, 2.24) is 4.72 Å². The molecule has 0 aliphatic heterocycles. The van der Waals surface area contributed by atoms with E-state index in [0.717, 1.165) is 4.47 Å². The first-order valence-electron chi connectivity index (χ1n) is 5.88. The van der Waals surface area contributed by atoms with Crippen LogP contribution in [0.1, 0.15) is 45.7 Å². The molecule has 102 valence electrons. The second-order valence-electron chi connectivity index (χ2n) is 5.13. The molecule has 1 aromatic carbocycles. The van der Waals surface area contributed by atoms with Crippen LogP contribution in [-0.4, -0.2) is 9.30 Å². The van der Waals surface area contributed by atoms with Gasteiger partial charge in [0.2, 0.25) is 0 Å². The lowest BCUT2D eigenvalue weighted by Crippen LogP contribution is -2.41. The topological polar surface area (TPSA) is 35.1 Å². The van der Waals surface area contributed by atoms with Gasteiger partial charge in [-0.15, -0.1) is 4.72 Å². The molecule has 1 unspecified atom stereocenters. The Bertz CT molecular complexity index is 408. The number of halogens is 2. The van der Waals surface area contributed by atoms with Gasteiger partial charge in [-0.1, -0.05) is 22.9 Å². The van der Waals surface area contributed by atoms with Gasteiger partial charge in [0, 0.05) is 21.4 Å². The molecule has 0 saturated carbocycles. The van der Waals surface area contributed by atoms with Gasteiger partial charge in [-0.3, -0.25) is 0 Å². The van der Waals surface area contributed by atoms with Crippen LogP contribution in [0.25, 0.3) is 0 Å². The van der Waals surface area contributed by atoms with Crippen molar-refractivity contribution in [3.63, 3.8) is 0 Å². The number of hydrogen-bond donors (Lipinski definition) is 1. The molecule has 0 aromatic heterocycles. The predicted molar refractivity (Wildman–Crippen MR) is 78.2 cm³/mol. The molecule has 0 aliphatic rings. The molecule has 0 fully saturated rings. The Balaban J connectivity index is 2.93. The molecule has 2 atom stereocenters. The summed E-state index contributed by atoms with van der Waals surface area (Å²) in [6.45, 7) is 7.61. The molecule has 1 aromatic rings. The van der Waals surface area contributed by atoms with Crippen LogP contribution in [0.2, 0.25) is 0 Å².